The molecule has 0 amide bonds. The van der Waals surface area contributed by atoms with Crippen LogP contribution < -0.4 is 14.4 Å². The number of aryl methyl sites for hydroxylation is 1. The second-order valence-electron chi connectivity index (χ2n) is 16.2. The summed E-state index contributed by atoms with van der Waals surface area (Å²) in [6, 6.07) is 33.4. The molecule has 4 aliphatic carbocycles. The van der Waals surface area contributed by atoms with E-state index >= 15 is 0 Å². The van der Waals surface area contributed by atoms with Crippen LogP contribution in [0.15, 0.2) is 97.1 Å². The summed E-state index contributed by atoms with van der Waals surface area (Å²) in [7, 11) is 2.11. The SMILES string of the molecule is CCOC1(c2ccc(OCCOCCOCCOc3ccc(CCCOC(=O)C45CC6CC(CC(C6)C4)C5)cc3)cc2)c2ccccc2N(C)c2ccccc21. The lowest BCUT2D eigenvalue weighted by Crippen LogP contribution is -2.50. The fourth-order valence-electron chi connectivity index (χ4n) is 10.4. The largest absolute Gasteiger partial charge is 0.491 e. The Bertz CT molecular complexity index is 1820. The fourth-order valence-corrected chi connectivity index (χ4v) is 10.4. The second kappa shape index (κ2) is 17.4. The number of nitrogens with zero attached hydrogens (tertiary/aromatic N) is 1. The van der Waals surface area contributed by atoms with E-state index in [2.05, 4.69) is 84.7 Å². The molecule has 0 N–H and O–H groups in total. The van der Waals surface area contributed by atoms with Gasteiger partial charge in [0.1, 0.15) is 30.3 Å². The van der Waals surface area contributed by atoms with Crippen molar-refractivity contribution in [2.45, 2.75) is 63.9 Å². The molecule has 56 heavy (non-hydrogen) atoms. The van der Waals surface area contributed by atoms with Crippen LogP contribution in [0.5, 0.6) is 11.5 Å². The van der Waals surface area contributed by atoms with Crippen LogP contribution in [0, 0.1) is 23.2 Å². The topological polar surface area (TPSA) is 75.7 Å². The molecule has 1 heterocycles. The van der Waals surface area contributed by atoms with Crippen molar-refractivity contribution in [3.05, 3.63) is 119 Å². The molecule has 4 aromatic carbocycles. The molecule has 4 saturated carbocycles. The number of ether oxygens (including phenoxy) is 6. The van der Waals surface area contributed by atoms with E-state index in [4.69, 9.17) is 28.4 Å². The molecule has 0 atom stereocenters. The molecule has 5 aliphatic rings. The highest BCUT2D eigenvalue weighted by molar-refractivity contribution is 5.79. The van der Waals surface area contributed by atoms with Gasteiger partial charge in [-0.25, -0.2) is 0 Å². The molecule has 0 radical (unpaired) electrons. The minimum atomic E-state index is -0.723. The Hall–Kier alpha value is -4.37. The number of esters is 1. The van der Waals surface area contributed by atoms with E-state index in [1.54, 1.807) is 0 Å². The Morgan fingerprint density at radius 2 is 1.14 bits per heavy atom. The van der Waals surface area contributed by atoms with Crippen LogP contribution >= 0.6 is 0 Å². The van der Waals surface area contributed by atoms with Crippen molar-refractivity contribution in [3.8, 4) is 11.5 Å². The maximum atomic E-state index is 13.1. The van der Waals surface area contributed by atoms with Crippen molar-refractivity contribution in [1.29, 1.82) is 0 Å². The summed E-state index contributed by atoms with van der Waals surface area (Å²) in [5.74, 6) is 3.96. The zero-order chi connectivity index (χ0) is 38.4. The van der Waals surface area contributed by atoms with E-state index in [9.17, 15) is 4.79 Å². The summed E-state index contributed by atoms with van der Waals surface area (Å²) in [6.07, 6.45) is 8.93. The number of fused-ring (bicyclic) bond motifs is 2. The molecule has 4 aromatic rings. The van der Waals surface area contributed by atoms with Gasteiger partial charge in [-0.05, 0) is 124 Å². The van der Waals surface area contributed by atoms with Gasteiger partial charge in [-0.1, -0.05) is 60.7 Å². The predicted molar refractivity (Wildman–Crippen MR) is 218 cm³/mol. The van der Waals surface area contributed by atoms with Gasteiger partial charge in [0.05, 0.1) is 38.4 Å². The van der Waals surface area contributed by atoms with Gasteiger partial charge < -0.3 is 33.3 Å². The van der Waals surface area contributed by atoms with Crippen molar-refractivity contribution in [2.24, 2.45) is 23.2 Å². The molecule has 1 aliphatic heterocycles. The summed E-state index contributed by atoms with van der Waals surface area (Å²) in [5.41, 5.74) is 5.91. The lowest BCUT2D eigenvalue weighted by atomic mass is 9.49. The Kier molecular flexibility index (Phi) is 12.0. The molecule has 8 heteroatoms. The molecule has 8 nitrogen and oxygen atoms in total. The summed E-state index contributed by atoms with van der Waals surface area (Å²) in [6.45, 7) is 5.95. The number of para-hydroxylation sites is 2. The van der Waals surface area contributed by atoms with Crippen molar-refractivity contribution in [2.75, 3.05) is 64.8 Å². The molecule has 0 saturated heterocycles. The zero-order valence-corrected chi connectivity index (χ0v) is 33.1. The van der Waals surface area contributed by atoms with Crippen LogP contribution in [0.25, 0.3) is 0 Å². The third-order valence-electron chi connectivity index (χ3n) is 12.5. The number of carbonyl (C=O) groups is 1. The van der Waals surface area contributed by atoms with E-state index < -0.39 is 5.60 Å². The van der Waals surface area contributed by atoms with Gasteiger partial charge in [0.15, 0.2) is 0 Å². The Morgan fingerprint density at radius 1 is 0.643 bits per heavy atom. The van der Waals surface area contributed by atoms with Crippen LogP contribution in [-0.4, -0.2) is 65.9 Å². The predicted octanol–water partition coefficient (Wildman–Crippen LogP) is 9.28. The van der Waals surface area contributed by atoms with Crippen molar-refractivity contribution in [3.63, 3.8) is 0 Å². The van der Waals surface area contributed by atoms with Crippen LogP contribution in [0.3, 0.4) is 0 Å². The van der Waals surface area contributed by atoms with Gasteiger partial charge in [0.2, 0.25) is 0 Å². The zero-order valence-electron chi connectivity index (χ0n) is 33.1. The monoisotopic (exact) mass is 759 g/mol. The van der Waals surface area contributed by atoms with Crippen LogP contribution in [0.1, 0.15) is 74.1 Å². The lowest BCUT2D eigenvalue weighted by Gasteiger charge is -2.55. The molecule has 0 spiro atoms. The number of anilines is 2. The third kappa shape index (κ3) is 8.07. The first-order valence-corrected chi connectivity index (χ1v) is 20.8. The number of benzene rings is 4. The average molecular weight is 760 g/mol. The summed E-state index contributed by atoms with van der Waals surface area (Å²) < 4.78 is 35.9. The van der Waals surface area contributed by atoms with Gasteiger partial charge in [-0.3, -0.25) is 4.79 Å². The van der Waals surface area contributed by atoms with E-state index in [0.29, 0.717) is 52.9 Å². The van der Waals surface area contributed by atoms with Crippen LogP contribution in [-0.2, 0) is 35.8 Å². The Balaban J connectivity index is 0.697. The lowest BCUT2D eigenvalue weighted by molar-refractivity contribution is -0.171. The molecular formula is C48H57NO7. The second-order valence-corrected chi connectivity index (χ2v) is 16.2. The quantitative estimate of drug-likeness (QED) is 0.0692. The van der Waals surface area contributed by atoms with Crippen LogP contribution in [0.2, 0.25) is 0 Å². The first-order valence-electron chi connectivity index (χ1n) is 20.8. The summed E-state index contributed by atoms with van der Waals surface area (Å²) in [4.78, 5) is 15.3. The normalized spacial score (nSPS) is 22.7. The van der Waals surface area contributed by atoms with Gasteiger partial charge in [-0.2, -0.15) is 0 Å². The summed E-state index contributed by atoms with van der Waals surface area (Å²) in [5, 5.41) is 0. The maximum Gasteiger partial charge on any atom is 0.312 e. The number of hydrogen-bond donors (Lipinski definition) is 0. The van der Waals surface area contributed by atoms with E-state index in [1.165, 1.54) is 24.8 Å². The highest BCUT2D eigenvalue weighted by Gasteiger charge is 2.55. The minimum Gasteiger partial charge on any atom is -0.491 e. The van der Waals surface area contributed by atoms with Gasteiger partial charge in [-0.15, -0.1) is 0 Å². The highest BCUT2D eigenvalue weighted by atomic mass is 16.6. The van der Waals surface area contributed by atoms with Gasteiger partial charge in [0.25, 0.3) is 0 Å². The van der Waals surface area contributed by atoms with E-state index in [-0.39, 0.29) is 11.4 Å². The van der Waals surface area contributed by atoms with Gasteiger partial charge >= 0.3 is 5.97 Å². The van der Waals surface area contributed by atoms with Crippen molar-refractivity contribution >= 4 is 17.3 Å². The number of carbonyl (C=O) groups excluding carboxylic acids is 1. The maximum absolute atomic E-state index is 13.1. The van der Waals surface area contributed by atoms with Crippen molar-refractivity contribution in [1.82, 2.24) is 0 Å². The smallest absolute Gasteiger partial charge is 0.312 e. The fraction of sp³-hybridized carbons (Fsp3) is 0.479. The molecular weight excluding hydrogens is 703 g/mol. The number of hydrogen-bond acceptors (Lipinski definition) is 8. The molecule has 0 unspecified atom stereocenters. The van der Waals surface area contributed by atoms with Gasteiger partial charge in [0, 0.05) is 36.2 Å². The first kappa shape index (κ1) is 38.5. The molecule has 296 valence electrons. The minimum absolute atomic E-state index is 0.0827. The molecule has 9 rings (SSSR count). The standard InChI is InChI=1S/C48H57NO7/c1-3-56-48(42-10-4-6-12-44(42)49(2)45-13-7-5-11-43(45)48)39-16-20-41(21-17-39)54-28-26-52-24-23-51-25-27-53-40-18-14-35(15-19-40)9-8-22-55-46(50)47-32-36-29-37(33-47)31-38(30-36)34-47/h4-7,10-21,36-38H,3,8-9,22-34H2,1-2H3. The van der Waals surface area contributed by atoms with Crippen LogP contribution in [0.4, 0.5) is 11.4 Å². The van der Waals surface area contributed by atoms with E-state index in [1.807, 2.05) is 31.2 Å². The Labute approximate surface area is 332 Å². The highest BCUT2D eigenvalue weighted by Crippen LogP contribution is 2.60. The number of rotatable bonds is 19. The molecule has 4 fully saturated rings. The molecule has 4 bridgehead atoms. The average Bonchev–Trinajstić information content (AvgIpc) is 3.22. The Morgan fingerprint density at radius 3 is 1.68 bits per heavy atom. The molecule has 0 aromatic heterocycles. The van der Waals surface area contributed by atoms with Crippen molar-refractivity contribution < 1.29 is 33.2 Å². The van der Waals surface area contributed by atoms with E-state index in [0.717, 1.165) is 89.4 Å². The summed E-state index contributed by atoms with van der Waals surface area (Å²) >= 11 is 0. The third-order valence-corrected chi connectivity index (χ3v) is 12.5. The first-order chi connectivity index (χ1) is 27.5.